The van der Waals surface area contributed by atoms with Gasteiger partial charge in [-0.05, 0) is 72.4 Å². The van der Waals surface area contributed by atoms with Crippen LogP contribution in [0.1, 0.15) is 44.7 Å². The van der Waals surface area contributed by atoms with Crippen LogP contribution in [0.3, 0.4) is 0 Å². The average Bonchev–Trinajstić information content (AvgIpc) is 3.66. The average molecular weight is 734 g/mol. The van der Waals surface area contributed by atoms with Gasteiger partial charge >= 0.3 is 6.18 Å². The number of anilines is 1. The monoisotopic (exact) mass is 733 g/mol. The molecule has 3 amide bonds. The SMILES string of the molecule is COCCNC(=O)c1ccc(-c2ccc(OC)c(C(=O)N[C@@H]3C4CCC(/C4=C/c4ccccc4)[C@@H]3C(=O)Nc3ccc(F)c(C(F)(F)F)c3)c2)c(F)c1. The van der Waals surface area contributed by atoms with E-state index in [9.17, 15) is 31.9 Å². The van der Waals surface area contributed by atoms with Gasteiger partial charge in [0.15, 0.2) is 0 Å². The Morgan fingerprint density at radius 1 is 0.849 bits per heavy atom. The minimum absolute atomic E-state index is 0.0506. The third kappa shape index (κ3) is 7.95. The summed E-state index contributed by atoms with van der Waals surface area (Å²) in [6, 6.07) is 19.4. The number of rotatable bonds is 11. The Hall–Kier alpha value is -5.56. The second kappa shape index (κ2) is 15.6. The molecule has 2 saturated carbocycles. The van der Waals surface area contributed by atoms with Crippen LogP contribution in [-0.4, -0.2) is 51.1 Å². The van der Waals surface area contributed by atoms with Gasteiger partial charge in [-0.3, -0.25) is 14.4 Å². The molecule has 0 spiro atoms. The van der Waals surface area contributed by atoms with E-state index in [-0.39, 0.29) is 46.5 Å². The molecule has 2 unspecified atom stereocenters. The van der Waals surface area contributed by atoms with Crippen molar-refractivity contribution in [3.63, 3.8) is 0 Å². The minimum Gasteiger partial charge on any atom is -0.496 e. The number of alkyl halides is 3. The van der Waals surface area contributed by atoms with Crippen LogP contribution in [0, 0.1) is 29.4 Å². The Morgan fingerprint density at radius 2 is 1.60 bits per heavy atom. The standard InChI is InChI=1S/C40H36F5N3O5/c1-52-17-16-46-37(49)24-8-11-26(33(42)20-24)23-9-15-34(53-2)30(19-23)38(50)48-36-28-13-12-27(29(28)18-22-6-4-3-5-7-22)35(36)39(51)47-25-10-14-32(41)31(21-25)40(43,44)45/h3-11,14-15,18-21,27-28,35-36H,12-13,16-17H2,1-2H3,(H,46,49)(H,47,51)(H,48,50)/b29-18-/t27?,28?,35-,36+/m0/s1. The Kier molecular flexibility index (Phi) is 10.9. The van der Waals surface area contributed by atoms with Crippen molar-refractivity contribution in [2.75, 3.05) is 32.7 Å². The van der Waals surface area contributed by atoms with Gasteiger partial charge in [-0.2, -0.15) is 13.2 Å². The lowest BCUT2D eigenvalue weighted by molar-refractivity contribution is -0.140. The number of hydrogen-bond acceptors (Lipinski definition) is 5. The van der Waals surface area contributed by atoms with E-state index < -0.39 is 53.1 Å². The number of carbonyl (C=O) groups excluding carboxylic acids is 3. The molecule has 53 heavy (non-hydrogen) atoms. The van der Waals surface area contributed by atoms with Crippen molar-refractivity contribution in [1.82, 2.24) is 10.6 Å². The smallest absolute Gasteiger partial charge is 0.419 e. The molecule has 0 radical (unpaired) electrons. The number of carbonyl (C=O) groups is 3. The third-order valence-corrected chi connectivity index (χ3v) is 9.75. The molecule has 2 aliphatic carbocycles. The van der Waals surface area contributed by atoms with Crippen molar-refractivity contribution < 1.29 is 45.8 Å². The highest BCUT2D eigenvalue weighted by molar-refractivity contribution is 6.00. The number of halogens is 5. The first-order valence-corrected chi connectivity index (χ1v) is 16.9. The van der Waals surface area contributed by atoms with Crippen LogP contribution in [0.15, 0.2) is 90.5 Å². The Labute approximate surface area is 302 Å². The molecule has 276 valence electrons. The van der Waals surface area contributed by atoms with Gasteiger partial charge in [0.2, 0.25) is 5.91 Å². The zero-order valence-electron chi connectivity index (χ0n) is 28.7. The molecule has 2 fully saturated rings. The second-order valence-corrected chi connectivity index (χ2v) is 12.9. The third-order valence-electron chi connectivity index (χ3n) is 9.75. The summed E-state index contributed by atoms with van der Waals surface area (Å²) in [5.41, 5.74) is 0.654. The number of fused-ring (bicyclic) bond motifs is 2. The van der Waals surface area contributed by atoms with Crippen molar-refractivity contribution in [3.05, 3.63) is 124 Å². The summed E-state index contributed by atoms with van der Waals surface area (Å²) >= 11 is 0. The van der Waals surface area contributed by atoms with Gasteiger partial charge in [0.25, 0.3) is 11.8 Å². The summed E-state index contributed by atoms with van der Waals surface area (Å²) in [5, 5.41) is 8.17. The zero-order chi connectivity index (χ0) is 37.9. The molecule has 13 heteroatoms. The minimum atomic E-state index is -4.98. The molecule has 4 aromatic carbocycles. The fourth-order valence-electron chi connectivity index (χ4n) is 7.32. The van der Waals surface area contributed by atoms with E-state index in [4.69, 9.17) is 9.47 Å². The van der Waals surface area contributed by atoms with Crippen LogP contribution < -0.4 is 20.7 Å². The van der Waals surface area contributed by atoms with Gasteiger partial charge in [0.1, 0.15) is 17.4 Å². The molecule has 4 aromatic rings. The van der Waals surface area contributed by atoms with Crippen LogP contribution in [-0.2, 0) is 15.7 Å². The lowest BCUT2D eigenvalue weighted by Gasteiger charge is -2.30. The summed E-state index contributed by atoms with van der Waals surface area (Å²) in [5.74, 6) is -5.23. The van der Waals surface area contributed by atoms with Gasteiger partial charge in [0, 0.05) is 42.4 Å². The van der Waals surface area contributed by atoms with E-state index in [2.05, 4.69) is 16.0 Å². The number of amides is 3. The quantitative estimate of drug-likeness (QED) is 0.109. The highest BCUT2D eigenvalue weighted by Gasteiger charge is 2.54. The highest BCUT2D eigenvalue weighted by Crippen LogP contribution is 2.53. The fraction of sp³-hybridized carbons (Fsp3) is 0.275. The summed E-state index contributed by atoms with van der Waals surface area (Å²) in [4.78, 5) is 40.5. The maximum atomic E-state index is 15.4. The number of benzene rings is 4. The lowest BCUT2D eigenvalue weighted by Crippen LogP contribution is -2.48. The van der Waals surface area contributed by atoms with E-state index in [0.29, 0.717) is 37.1 Å². The summed E-state index contributed by atoms with van der Waals surface area (Å²) < 4.78 is 80.3. The highest BCUT2D eigenvalue weighted by atomic mass is 19.4. The van der Waals surface area contributed by atoms with Gasteiger partial charge in [-0.1, -0.05) is 54.1 Å². The lowest BCUT2D eigenvalue weighted by atomic mass is 9.83. The van der Waals surface area contributed by atoms with Gasteiger partial charge in [-0.15, -0.1) is 0 Å². The van der Waals surface area contributed by atoms with E-state index >= 15 is 4.39 Å². The maximum absolute atomic E-state index is 15.4. The first-order valence-electron chi connectivity index (χ1n) is 16.9. The van der Waals surface area contributed by atoms with Crippen LogP contribution >= 0.6 is 0 Å². The fourth-order valence-corrected chi connectivity index (χ4v) is 7.32. The van der Waals surface area contributed by atoms with Crippen LogP contribution in [0.2, 0.25) is 0 Å². The molecule has 4 atom stereocenters. The molecule has 0 heterocycles. The van der Waals surface area contributed by atoms with Crippen LogP contribution in [0.25, 0.3) is 17.2 Å². The van der Waals surface area contributed by atoms with E-state index in [1.54, 1.807) is 6.07 Å². The molecule has 0 saturated heterocycles. The molecule has 2 bridgehead atoms. The molecule has 2 aliphatic rings. The Balaban J connectivity index is 1.31. The number of ether oxygens (including phenoxy) is 2. The predicted molar refractivity (Wildman–Crippen MR) is 188 cm³/mol. The molecular weight excluding hydrogens is 697 g/mol. The van der Waals surface area contributed by atoms with Crippen molar-refractivity contribution in [2.24, 2.45) is 17.8 Å². The molecular formula is C40H36F5N3O5. The first-order chi connectivity index (χ1) is 25.4. The van der Waals surface area contributed by atoms with Gasteiger partial charge in [-0.25, -0.2) is 8.78 Å². The molecule has 6 rings (SSSR count). The van der Waals surface area contributed by atoms with Gasteiger partial charge in [0.05, 0.1) is 30.8 Å². The van der Waals surface area contributed by atoms with Crippen molar-refractivity contribution >= 4 is 29.5 Å². The zero-order valence-corrected chi connectivity index (χ0v) is 28.7. The number of methoxy groups -OCH3 is 2. The molecule has 3 N–H and O–H groups in total. The van der Waals surface area contributed by atoms with Crippen LogP contribution in [0.4, 0.5) is 27.6 Å². The number of nitrogens with one attached hydrogen (secondary N) is 3. The van der Waals surface area contributed by atoms with Crippen molar-refractivity contribution in [2.45, 2.75) is 25.1 Å². The van der Waals surface area contributed by atoms with Gasteiger partial charge < -0.3 is 25.4 Å². The Morgan fingerprint density at radius 3 is 2.30 bits per heavy atom. The molecule has 0 aromatic heterocycles. The number of hydrogen-bond donors (Lipinski definition) is 3. The largest absolute Gasteiger partial charge is 0.496 e. The first kappa shape index (κ1) is 37.2. The van der Waals surface area contributed by atoms with E-state index in [0.717, 1.165) is 23.3 Å². The summed E-state index contributed by atoms with van der Waals surface area (Å²) in [6.45, 7) is 0.536. The predicted octanol–water partition coefficient (Wildman–Crippen LogP) is 7.51. The van der Waals surface area contributed by atoms with E-state index in [1.807, 2.05) is 36.4 Å². The molecule has 8 nitrogen and oxygen atoms in total. The Bertz CT molecular complexity index is 2050. The van der Waals surface area contributed by atoms with E-state index in [1.165, 1.54) is 38.5 Å². The normalized spacial score (nSPS) is 19.9. The summed E-state index contributed by atoms with van der Waals surface area (Å²) in [7, 11) is 2.86. The summed E-state index contributed by atoms with van der Waals surface area (Å²) in [6.07, 6.45) is -1.76. The van der Waals surface area contributed by atoms with Crippen molar-refractivity contribution in [3.8, 4) is 16.9 Å². The molecule has 0 aliphatic heterocycles. The topological polar surface area (TPSA) is 106 Å². The van der Waals surface area contributed by atoms with Crippen LogP contribution in [0.5, 0.6) is 5.75 Å². The maximum Gasteiger partial charge on any atom is 0.419 e. The second-order valence-electron chi connectivity index (χ2n) is 12.9. The van der Waals surface area contributed by atoms with Crippen molar-refractivity contribution in [1.29, 1.82) is 0 Å².